The summed E-state index contributed by atoms with van der Waals surface area (Å²) in [7, 11) is 0. The molecule has 1 aromatic rings. The molecular formula is C21H16F3N5O. The number of benzene rings is 1. The van der Waals surface area contributed by atoms with Gasteiger partial charge in [-0.3, -0.25) is 4.79 Å². The fourth-order valence-electron chi connectivity index (χ4n) is 4.31. The van der Waals surface area contributed by atoms with Gasteiger partial charge in [-0.25, -0.2) is 0 Å². The largest absolute Gasteiger partial charge is 0.416 e. The Balaban J connectivity index is 2.39. The van der Waals surface area contributed by atoms with Crippen molar-refractivity contribution in [3.05, 3.63) is 58.3 Å². The van der Waals surface area contributed by atoms with Gasteiger partial charge >= 0.3 is 6.18 Å². The number of nitrogens with two attached hydrogens (primary N) is 1. The molecule has 9 heteroatoms. The van der Waals surface area contributed by atoms with Gasteiger partial charge in [0.2, 0.25) is 5.91 Å². The summed E-state index contributed by atoms with van der Waals surface area (Å²) in [6.07, 6.45) is -3.18. The zero-order valence-corrected chi connectivity index (χ0v) is 15.9. The molecule has 1 aliphatic heterocycles. The Morgan fingerprint density at radius 1 is 1.23 bits per heavy atom. The van der Waals surface area contributed by atoms with Gasteiger partial charge in [-0.05, 0) is 17.2 Å². The number of amides is 1. The first kappa shape index (κ1) is 21.0. The van der Waals surface area contributed by atoms with Crippen LogP contribution in [-0.4, -0.2) is 23.9 Å². The lowest BCUT2D eigenvalue weighted by atomic mass is 9.57. The molecular weight excluding hydrogens is 395 g/mol. The van der Waals surface area contributed by atoms with Crippen molar-refractivity contribution >= 4 is 5.91 Å². The highest BCUT2D eigenvalue weighted by atomic mass is 19.4. The van der Waals surface area contributed by atoms with Crippen LogP contribution < -0.4 is 5.73 Å². The van der Waals surface area contributed by atoms with Gasteiger partial charge in [0.05, 0.1) is 29.0 Å². The molecule has 152 valence electrons. The van der Waals surface area contributed by atoms with Crippen LogP contribution in [0.2, 0.25) is 0 Å². The standard InChI is InChI=1S/C21H16F3N5O/c1-12(30)29-7-6-13-15(8-25)19(28)20(10-26,11-27)18(16(13)9-29)14-4-2-3-5-17(14)21(22,23)24/h2-6,16,18H,7,9,28H2,1H3/t16?,18-/m1/s1. The Morgan fingerprint density at radius 3 is 2.40 bits per heavy atom. The zero-order valence-electron chi connectivity index (χ0n) is 15.9. The molecule has 1 heterocycles. The number of nitriles is 3. The highest BCUT2D eigenvalue weighted by Crippen LogP contribution is 2.55. The maximum absolute atomic E-state index is 13.8. The van der Waals surface area contributed by atoms with E-state index < -0.39 is 29.0 Å². The van der Waals surface area contributed by atoms with Crippen molar-refractivity contribution in [1.29, 1.82) is 15.8 Å². The lowest BCUT2D eigenvalue weighted by Gasteiger charge is -2.46. The van der Waals surface area contributed by atoms with Crippen LogP contribution in [0.3, 0.4) is 0 Å². The van der Waals surface area contributed by atoms with E-state index in [2.05, 4.69) is 0 Å². The van der Waals surface area contributed by atoms with Crippen LogP contribution in [0.15, 0.2) is 47.2 Å². The molecule has 1 aliphatic carbocycles. The van der Waals surface area contributed by atoms with Crippen LogP contribution in [0.25, 0.3) is 0 Å². The molecule has 0 fully saturated rings. The van der Waals surface area contributed by atoms with Crippen LogP contribution in [0.1, 0.15) is 24.0 Å². The third-order valence-corrected chi connectivity index (χ3v) is 5.71. The number of hydrogen-bond acceptors (Lipinski definition) is 5. The SMILES string of the molecule is CC(=O)N1CC=C2C(C#N)=C(N)C(C#N)(C#N)[C@H](c3ccccc3C(F)(F)F)C2C1. The summed E-state index contributed by atoms with van der Waals surface area (Å²) < 4.78 is 41.4. The topological polar surface area (TPSA) is 118 Å². The fourth-order valence-corrected chi connectivity index (χ4v) is 4.31. The van der Waals surface area contributed by atoms with E-state index in [0.29, 0.717) is 5.57 Å². The predicted molar refractivity (Wildman–Crippen MR) is 98.5 cm³/mol. The van der Waals surface area contributed by atoms with E-state index >= 15 is 0 Å². The fraction of sp³-hybridized carbons (Fsp3) is 0.333. The van der Waals surface area contributed by atoms with E-state index in [0.717, 1.165) is 6.07 Å². The van der Waals surface area contributed by atoms with E-state index in [-0.39, 0.29) is 35.8 Å². The molecule has 2 atom stereocenters. The van der Waals surface area contributed by atoms with Crippen LogP contribution >= 0.6 is 0 Å². The van der Waals surface area contributed by atoms with Gasteiger partial charge in [0, 0.05) is 31.8 Å². The number of rotatable bonds is 1. The number of hydrogen-bond donors (Lipinski definition) is 1. The van der Waals surface area contributed by atoms with Crippen molar-refractivity contribution in [2.75, 3.05) is 13.1 Å². The number of carbonyl (C=O) groups excluding carboxylic acids is 1. The van der Waals surface area contributed by atoms with Crippen LogP contribution in [-0.2, 0) is 11.0 Å². The summed E-state index contributed by atoms with van der Waals surface area (Å²) in [5, 5.41) is 29.5. The summed E-state index contributed by atoms with van der Waals surface area (Å²) in [6.45, 7) is 1.43. The number of allylic oxidation sites excluding steroid dienone is 2. The molecule has 2 aliphatic rings. The highest BCUT2D eigenvalue weighted by molar-refractivity contribution is 5.74. The first-order chi connectivity index (χ1) is 14.1. The van der Waals surface area contributed by atoms with Gasteiger partial charge in [0.15, 0.2) is 5.41 Å². The first-order valence-electron chi connectivity index (χ1n) is 8.97. The van der Waals surface area contributed by atoms with Gasteiger partial charge in [-0.15, -0.1) is 0 Å². The Labute approximate surface area is 170 Å². The van der Waals surface area contributed by atoms with Crippen LogP contribution in [0, 0.1) is 45.3 Å². The van der Waals surface area contributed by atoms with Crippen LogP contribution in [0.5, 0.6) is 0 Å². The lowest BCUT2D eigenvalue weighted by Crippen LogP contribution is -2.49. The molecule has 0 bridgehead atoms. The average Bonchev–Trinajstić information content (AvgIpc) is 2.72. The minimum atomic E-state index is -4.74. The summed E-state index contributed by atoms with van der Waals surface area (Å²) in [5.74, 6) is -2.52. The monoisotopic (exact) mass is 411 g/mol. The van der Waals surface area contributed by atoms with E-state index in [1.807, 2.05) is 6.07 Å². The summed E-state index contributed by atoms with van der Waals surface area (Å²) in [6, 6.07) is 10.2. The number of alkyl halides is 3. The van der Waals surface area contributed by atoms with E-state index in [1.165, 1.54) is 30.0 Å². The molecule has 30 heavy (non-hydrogen) atoms. The molecule has 0 aromatic heterocycles. The van der Waals surface area contributed by atoms with Gasteiger partial charge in [0.1, 0.15) is 6.07 Å². The second-order valence-electron chi connectivity index (χ2n) is 7.18. The molecule has 3 rings (SSSR count). The third kappa shape index (κ3) is 2.98. The van der Waals surface area contributed by atoms with Crippen molar-refractivity contribution in [1.82, 2.24) is 4.90 Å². The molecule has 1 aromatic carbocycles. The van der Waals surface area contributed by atoms with Crippen molar-refractivity contribution in [2.45, 2.75) is 19.0 Å². The van der Waals surface area contributed by atoms with Gasteiger partial charge in [-0.2, -0.15) is 29.0 Å². The van der Waals surface area contributed by atoms with Crippen LogP contribution in [0.4, 0.5) is 13.2 Å². The van der Waals surface area contributed by atoms with Gasteiger partial charge in [-0.1, -0.05) is 24.3 Å². The second kappa shape index (κ2) is 7.24. The molecule has 0 spiro atoms. The van der Waals surface area contributed by atoms with E-state index in [4.69, 9.17) is 5.73 Å². The zero-order chi connectivity index (χ0) is 22.3. The molecule has 1 unspecified atom stereocenters. The minimum Gasteiger partial charge on any atom is -0.399 e. The van der Waals surface area contributed by atoms with Crippen molar-refractivity contribution in [3.63, 3.8) is 0 Å². The van der Waals surface area contributed by atoms with Crippen molar-refractivity contribution < 1.29 is 18.0 Å². The summed E-state index contributed by atoms with van der Waals surface area (Å²) in [4.78, 5) is 13.3. The Hall–Kier alpha value is -3.77. The van der Waals surface area contributed by atoms with E-state index in [1.54, 1.807) is 18.2 Å². The first-order valence-corrected chi connectivity index (χ1v) is 8.97. The maximum Gasteiger partial charge on any atom is 0.416 e. The highest BCUT2D eigenvalue weighted by Gasteiger charge is 2.56. The Bertz CT molecular complexity index is 1080. The molecule has 0 radical (unpaired) electrons. The number of fused-ring (bicyclic) bond motifs is 1. The third-order valence-electron chi connectivity index (χ3n) is 5.71. The molecule has 1 amide bonds. The van der Waals surface area contributed by atoms with E-state index in [9.17, 15) is 33.8 Å². The molecule has 2 N–H and O–H groups in total. The summed E-state index contributed by atoms with van der Waals surface area (Å²) in [5.41, 5.74) is 2.53. The number of halogens is 3. The Kier molecular flexibility index (Phi) is 5.06. The summed E-state index contributed by atoms with van der Waals surface area (Å²) >= 11 is 0. The average molecular weight is 411 g/mol. The normalized spacial score (nSPS) is 22.8. The quantitative estimate of drug-likeness (QED) is 0.762. The van der Waals surface area contributed by atoms with Crippen molar-refractivity contribution in [2.24, 2.45) is 17.1 Å². The van der Waals surface area contributed by atoms with Gasteiger partial charge in [0.25, 0.3) is 0 Å². The van der Waals surface area contributed by atoms with Gasteiger partial charge < -0.3 is 10.6 Å². The maximum atomic E-state index is 13.8. The van der Waals surface area contributed by atoms with Crippen molar-refractivity contribution in [3.8, 4) is 18.2 Å². The Morgan fingerprint density at radius 2 is 1.87 bits per heavy atom. The second-order valence-corrected chi connectivity index (χ2v) is 7.18. The molecule has 0 saturated heterocycles. The predicted octanol–water partition coefficient (Wildman–Crippen LogP) is 2.98. The molecule has 6 nitrogen and oxygen atoms in total. The smallest absolute Gasteiger partial charge is 0.399 e. The molecule has 0 saturated carbocycles. The number of nitrogens with zero attached hydrogens (tertiary/aromatic N) is 4. The number of carbonyl (C=O) groups is 1. The minimum absolute atomic E-state index is 0.0401. The lowest BCUT2D eigenvalue weighted by molar-refractivity contribution is -0.139.